The molecule has 1 rings (SSSR count). The van der Waals surface area contributed by atoms with Crippen LogP contribution in [-0.2, 0) is 11.0 Å². The van der Waals surface area contributed by atoms with E-state index in [0.29, 0.717) is 12.2 Å². The molecular weight excluding hydrogens is 269 g/mol. The Kier molecular flexibility index (Phi) is 5.14. The van der Waals surface area contributed by atoms with Gasteiger partial charge in [0.2, 0.25) is 5.91 Å². The van der Waals surface area contributed by atoms with Gasteiger partial charge in [0.25, 0.3) is 0 Å². The van der Waals surface area contributed by atoms with Crippen molar-refractivity contribution in [2.24, 2.45) is 5.92 Å². The molecule has 0 fully saturated rings. The summed E-state index contributed by atoms with van der Waals surface area (Å²) < 4.78 is 37.5. The van der Waals surface area contributed by atoms with Crippen LogP contribution in [0, 0.1) is 17.2 Å². The zero-order valence-corrected chi connectivity index (χ0v) is 11.2. The number of alkyl halides is 3. The highest BCUT2D eigenvalue weighted by Gasteiger charge is 2.30. The van der Waals surface area contributed by atoms with E-state index in [-0.39, 0.29) is 12.3 Å². The van der Waals surface area contributed by atoms with Gasteiger partial charge >= 0.3 is 6.18 Å². The van der Waals surface area contributed by atoms with Gasteiger partial charge in [0.05, 0.1) is 11.6 Å². The highest BCUT2D eigenvalue weighted by Crippen LogP contribution is 2.30. The maximum Gasteiger partial charge on any atom is 0.416 e. The molecule has 6 heteroatoms. The van der Waals surface area contributed by atoms with Gasteiger partial charge in [-0.1, -0.05) is 13.8 Å². The number of halogens is 3. The van der Waals surface area contributed by atoms with Crippen LogP contribution in [0.1, 0.15) is 25.8 Å². The van der Waals surface area contributed by atoms with E-state index in [0.717, 1.165) is 12.1 Å². The second-order valence-electron chi connectivity index (χ2n) is 4.78. The van der Waals surface area contributed by atoms with Crippen LogP contribution in [0.4, 0.5) is 18.9 Å². The third-order valence-corrected chi connectivity index (χ3v) is 2.59. The minimum atomic E-state index is -4.40. The van der Waals surface area contributed by atoms with E-state index in [1.807, 2.05) is 13.8 Å². The van der Waals surface area contributed by atoms with Crippen molar-refractivity contribution in [2.45, 2.75) is 26.4 Å². The van der Waals surface area contributed by atoms with E-state index in [2.05, 4.69) is 0 Å². The topological polar surface area (TPSA) is 44.1 Å². The summed E-state index contributed by atoms with van der Waals surface area (Å²) in [4.78, 5) is 13.2. The molecule has 0 aliphatic rings. The van der Waals surface area contributed by atoms with Crippen molar-refractivity contribution >= 4 is 11.6 Å². The second-order valence-corrected chi connectivity index (χ2v) is 4.78. The Hall–Kier alpha value is -2.03. The number of amides is 1. The number of anilines is 1. The van der Waals surface area contributed by atoms with E-state index in [1.165, 1.54) is 17.0 Å². The summed E-state index contributed by atoms with van der Waals surface area (Å²) in [5.41, 5.74) is -0.398. The lowest BCUT2D eigenvalue weighted by molar-refractivity contribution is -0.137. The highest BCUT2D eigenvalue weighted by atomic mass is 19.4. The molecule has 0 atom stereocenters. The maximum absolute atomic E-state index is 12.5. The second kappa shape index (κ2) is 6.42. The Morgan fingerprint density at radius 1 is 1.30 bits per heavy atom. The van der Waals surface area contributed by atoms with E-state index >= 15 is 0 Å². The minimum absolute atomic E-state index is 0.139. The average Bonchev–Trinajstić information content (AvgIpc) is 2.35. The first kappa shape index (κ1) is 16.0. The summed E-state index contributed by atoms with van der Waals surface area (Å²) in [5.74, 6) is -0.277. The largest absolute Gasteiger partial charge is 0.416 e. The first-order chi connectivity index (χ1) is 9.25. The average molecular weight is 284 g/mol. The normalized spacial score (nSPS) is 11.2. The summed E-state index contributed by atoms with van der Waals surface area (Å²) >= 11 is 0. The standard InChI is InChI=1S/C14H15F3N2O/c1-10(2)9-19(13(20)7-8-18)12-5-3-11(4-6-12)14(15,16)17/h3-6,10H,7,9H2,1-2H3. The molecule has 0 saturated carbocycles. The zero-order valence-electron chi connectivity index (χ0n) is 11.2. The molecule has 0 heterocycles. The van der Waals surface area contributed by atoms with Crippen molar-refractivity contribution in [3.05, 3.63) is 29.8 Å². The Bertz CT molecular complexity index is 501. The van der Waals surface area contributed by atoms with E-state index in [1.54, 1.807) is 6.07 Å². The lowest BCUT2D eigenvalue weighted by atomic mass is 10.1. The molecule has 0 radical (unpaired) electrons. The van der Waals surface area contributed by atoms with Crippen LogP contribution in [0.15, 0.2) is 24.3 Å². The van der Waals surface area contributed by atoms with E-state index in [9.17, 15) is 18.0 Å². The molecule has 0 N–H and O–H groups in total. The number of rotatable bonds is 4. The molecule has 1 aromatic rings. The quantitative estimate of drug-likeness (QED) is 0.847. The van der Waals surface area contributed by atoms with Crippen LogP contribution in [0.3, 0.4) is 0 Å². The molecule has 1 amide bonds. The van der Waals surface area contributed by atoms with Gasteiger partial charge in [0.1, 0.15) is 6.42 Å². The van der Waals surface area contributed by atoms with Crippen molar-refractivity contribution in [1.82, 2.24) is 0 Å². The fourth-order valence-electron chi connectivity index (χ4n) is 1.71. The Balaban J connectivity index is 3.03. The summed E-state index contributed by atoms with van der Waals surface area (Å²) in [7, 11) is 0. The first-order valence-electron chi connectivity index (χ1n) is 6.10. The van der Waals surface area contributed by atoms with Crippen LogP contribution in [-0.4, -0.2) is 12.5 Å². The predicted molar refractivity (Wildman–Crippen MR) is 68.9 cm³/mol. The fourth-order valence-corrected chi connectivity index (χ4v) is 1.71. The molecule has 3 nitrogen and oxygen atoms in total. The third kappa shape index (κ3) is 4.26. The molecule has 0 bridgehead atoms. The SMILES string of the molecule is CC(C)CN(C(=O)CC#N)c1ccc(C(F)(F)F)cc1. The lowest BCUT2D eigenvalue weighted by Crippen LogP contribution is -2.33. The lowest BCUT2D eigenvalue weighted by Gasteiger charge is -2.24. The molecule has 0 saturated heterocycles. The maximum atomic E-state index is 12.5. The smallest absolute Gasteiger partial charge is 0.311 e. The number of carbonyl (C=O) groups excluding carboxylic acids is 1. The summed E-state index contributed by atoms with van der Waals surface area (Å²) in [6.45, 7) is 4.12. The van der Waals surface area contributed by atoms with Crippen LogP contribution < -0.4 is 4.90 Å². The Labute approximate surface area is 115 Å². The van der Waals surface area contributed by atoms with Gasteiger partial charge in [-0.3, -0.25) is 4.79 Å². The summed E-state index contributed by atoms with van der Waals surface area (Å²) in [6.07, 6.45) is -4.70. The van der Waals surface area contributed by atoms with Crippen LogP contribution in [0.25, 0.3) is 0 Å². The van der Waals surface area contributed by atoms with Gasteiger partial charge in [-0.25, -0.2) is 0 Å². The van der Waals surface area contributed by atoms with Crippen molar-refractivity contribution in [2.75, 3.05) is 11.4 Å². The number of nitriles is 1. The molecule has 0 spiro atoms. The first-order valence-corrected chi connectivity index (χ1v) is 6.10. The molecule has 0 unspecified atom stereocenters. The fraction of sp³-hybridized carbons (Fsp3) is 0.429. The van der Waals surface area contributed by atoms with Crippen LogP contribution in [0.2, 0.25) is 0 Å². The van der Waals surface area contributed by atoms with Gasteiger partial charge in [-0.15, -0.1) is 0 Å². The number of benzene rings is 1. The highest BCUT2D eigenvalue weighted by molar-refractivity contribution is 5.94. The Morgan fingerprint density at radius 2 is 1.85 bits per heavy atom. The molecule has 1 aromatic carbocycles. The molecule has 0 aromatic heterocycles. The van der Waals surface area contributed by atoms with Gasteiger partial charge in [0, 0.05) is 12.2 Å². The van der Waals surface area contributed by atoms with Crippen molar-refractivity contribution in [3.8, 4) is 6.07 Å². The molecule has 20 heavy (non-hydrogen) atoms. The van der Waals surface area contributed by atoms with Crippen molar-refractivity contribution in [1.29, 1.82) is 5.26 Å². The van der Waals surface area contributed by atoms with Crippen molar-refractivity contribution < 1.29 is 18.0 Å². The van der Waals surface area contributed by atoms with Gasteiger partial charge in [0.15, 0.2) is 0 Å². The number of carbonyl (C=O) groups is 1. The van der Waals surface area contributed by atoms with Gasteiger partial charge in [-0.2, -0.15) is 18.4 Å². The summed E-state index contributed by atoms with van der Waals surface area (Å²) in [6, 6.07) is 6.12. The molecule has 0 aliphatic carbocycles. The van der Waals surface area contributed by atoms with Gasteiger partial charge in [-0.05, 0) is 30.2 Å². The number of nitrogens with zero attached hydrogens (tertiary/aromatic N) is 2. The Morgan fingerprint density at radius 3 is 2.25 bits per heavy atom. The van der Waals surface area contributed by atoms with Crippen molar-refractivity contribution in [3.63, 3.8) is 0 Å². The van der Waals surface area contributed by atoms with Crippen LogP contribution in [0.5, 0.6) is 0 Å². The zero-order chi connectivity index (χ0) is 15.3. The van der Waals surface area contributed by atoms with E-state index in [4.69, 9.17) is 5.26 Å². The monoisotopic (exact) mass is 284 g/mol. The van der Waals surface area contributed by atoms with Crippen LogP contribution >= 0.6 is 0 Å². The summed E-state index contributed by atoms with van der Waals surface area (Å²) in [5, 5.41) is 8.57. The minimum Gasteiger partial charge on any atom is -0.311 e. The van der Waals surface area contributed by atoms with Gasteiger partial charge < -0.3 is 4.90 Å². The molecular formula is C14H15F3N2O. The van der Waals surface area contributed by atoms with E-state index < -0.39 is 17.6 Å². The molecule has 108 valence electrons. The predicted octanol–water partition coefficient (Wildman–Crippen LogP) is 3.61. The molecule has 0 aliphatic heterocycles. The number of hydrogen-bond donors (Lipinski definition) is 0. The number of hydrogen-bond acceptors (Lipinski definition) is 2. The third-order valence-electron chi connectivity index (χ3n) is 2.59.